The predicted octanol–water partition coefficient (Wildman–Crippen LogP) is 4.98. The number of fused-ring (bicyclic) bond motifs is 1. The van der Waals surface area contributed by atoms with Gasteiger partial charge in [0.25, 0.3) is 5.91 Å². The first-order valence-electron chi connectivity index (χ1n) is 8.49. The molecule has 2 aromatic rings. The maximum atomic E-state index is 12.4. The van der Waals surface area contributed by atoms with Crippen molar-refractivity contribution in [3.63, 3.8) is 0 Å². The molecule has 0 saturated carbocycles. The second-order valence-electron chi connectivity index (χ2n) is 6.46. The maximum Gasteiger partial charge on any atom is 0.341 e. The highest BCUT2D eigenvalue weighted by atomic mass is 35.5. The minimum atomic E-state index is -0.434. The summed E-state index contributed by atoms with van der Waals surface area (Å²) in [6.45, 7) is 1.93. The Hall–Kier alpha value is -1.76. The lowest BCUT2D eigenvalue weighted by molar-refractivity contribution is -0.118. The van der Waals surface area contributed by atoms with Crippen molar-refractivity contribution in [2.45, 2.75) is 26.2 Å². The fourth-order valence-corrected chi connectivity index (χ4v) is 4.80. The van der Waals surface area contributed by atoms with Crippen molar-refractivity contribution in [1.29, 1.82) is 0 Å². The number of hydrogen-bond donors (Lipinski definition) is 1. The van der Waals surface area contributed by atoms with Gasteiger partial charge in [0.1, 0.15) is 10.8 Å². The van der Waals surface area contributed by atoms with E-state index in [4.69, 9.17) is 32.7 Å². The molecule has 0 aliphatic heterocycles. The zero-order chi connectivity index (χ0) is 19.6. The molecule has 0 bridgehead atoms. The Morgan fingerprint density at radius 1 is 1.33 bits per heavy atom. The highest BCUT2D eigenvalue weighted by Crippen LogP contribution is 2.40. The molecule has 0 radical (unpaired) electrons. The molecule has 27 heavy (non-hydrogen) atoms. The first-order chi connectivity index (χ1) is 12.9. The lowest BCUT2D eigenvalue weighted by atomic mass is 9.88. The molecular formula is C19H19Cl2NO4S. The predicted molar refractivity (Wildman–Crippen MR) is 107 cm³/mol. The summed E-state index contributed by atoms with van der Waals surface area (Å²) in [5, 5.41) is 4.11. The minimum absolute atomic E-state index is 0.250. The van der Waals surface area contributed by atoms with E-state index in [9.17, 15) is 9.59 Å². The summed E-state index contributed by atoms with van der Waals surface area (Å²) in [5.41, 5.74) is 1.44. The first-order valence-corrected chi connectivity index (χ1v) is 10.1. The number of esters is 1. The quantitative estimate of drug-likeness (QED) is 0.682. The third kappa shape index (κ3) is 4.57. The summed E-state index contributed by atoms with van der Waals surface area (Å²) in [7, 11) is 1.34. The van der Waals surface area contributed by atoms with Crippen LogP contribution in [-0.2, 0) is 22.4 Å². The molecule has 1 heterocycles. The van der Waals surface area contributed by atoms with Gasteiger partial charge in [0.05, 0.1) is 17.7 Å². The fourth-order valence-electron chi connectivity index (χ4n) is 3.05. The average Bonchev–Trinajstić information content (AvgIpc) is 2.98. The van der Waals surface area contributed by atoms with Gasteiger partial charge in [-0.3, -0.25) is 4.79 Å². The van der Waals surface area contributed by atoms with Crippen molar-refractivity contribution in [3.8, 4) is 5.75 Å². The summed E-state index contributed by atoms with van der Waals surface area (Å²) in [4.78, 5) is 25.8. The minimum Gasteiger partial charge on any atom is -0.482 e. The molecule has 0 spiro atoms. The van der Waals surface area contributed by atoms with E-state index >= 15 is 0 Å². The van der Waals surface area contributed by atoms with Gasteiger partial charge in [-0.25, -0.2) is 4.79 Å². The van der Waals surface area contributed by atoms with Crippen LogP contribution in [0, 0.1) is 5.92 Å². The van der Waals surface area contributed by atoms with Gasteiger partial charge in [0, 0.05) is 16.0 Å². The third-order valence-corrected chi connectivity index (χ3v) is 6.12. The van der Waals surface area contributed by atoms with Crippen LogP contribution in [0.25, 0.3) is 0 Å². The van der Waals surface area contributed by atoms with Crippen LogP contribution < -0.4 is 10.1 Å². The second kappa shape index (κ2) is 8.50. The summed E-state index contributed by atoms with van der Waals surface area (Å²) in [6.07, 6.45) is 2.72. The highest BCUT2D eigenvalue weighted by molar-refractivity contribution is 7.17. The normalized spacial score (nSPS) is 15.8. The molecule has 0 saturated heterocycles. The molecule has 1 atom stereocenters. The fraction of sp³-hybridized carbons (Fsp3) is 0.368. The van der Waals surface area contributed by atoms with Gasteiger partial charge in [0.2, 0.25) is 0 Å². The molecule has 1 aromatic carbocycles. The number of ether oxygens (including phenoxy) is 2. The van der Waals surface area contributed by atoms with Crippen molar-refractivity contribution in [3.05, 3.63) is 44.2 Å². The number of amides is 1. The number of thiophene rings is 1. The molecule has 1 N–H and O–H groups in total. The Kier molecular flexibility index (Phi) is 6.29. The van der Waals surface area contributed by atoms with Crippen molar-refractivity contribution in [2.24, 2.45) is 5.92 Å². The smallest absolute Gasteiger partial charge is 0.341 e. The van der Waals surface area contributed by atoms with E-state index < -0.39 is 5.97 Å². The molecule has 1 unspecified atom stereocenters. The molecule has 144 valence electrons. The lowest BCUT2D eigenvalue weighted by Gasteiger charge is -2.18. The Morgan fingerprint density at radius 3 is 2.85 bits per heavy atom. The SMILES string of the molecule is COC(=O)c1c(NC(=O)COc2cc(Cl)ccc2Cl)sc2c1CCC(C)C2. The van der Waals surface area contributed by atoms with Crippen LogP contribution >= 0.6 is 34.5 Å². The van der Waals surface area contributed by atoms with E-state index in [1.165, 1.54) is 18.4 Å². The molecule has 1 aliphatic rings. The molecule has 0 fully saturated rings. The average molecular weight is 428 g/mol. The number of halogens is 2. The van der Waals surface area contributed by atoms with Gasteiger partial charge in [0.15, 0.2) is 6.61 Å². The molecule has 5 nitrogen and oxygen atoms in total. The third-order valence-electron chi connectivity index (χ3n) is 4.41. The van der Waals surface area contributed by atoms with Gasteiger partial charge in [-0.15, -0.1) is 11.3 Å². The zero-order valence-electron chi connectivity index (χ0n) is 14.9. The van der Waals surface area contributed by atoms with Crippen molar-refractivity contribution < 1.29 is 19.1 Å². The molecule has 1 aromatic heterocycles. The molecule has 1 amide bonds. The monoisotopic (exact) mass is 427 g/mol. The molecule has 1 aliphatic carbocycles. The second-order valence-corrected chi connectivity index (χ2v) is 8.41. The zero-order valence-corrected chi connectivity index (χ0v) is 17.3. The number of benzene rings is 1. The van der Waals surface area contributed by atoms with E-state index in [0.717, 1.165) is 29.7 Å². The Bertz CT molecular complexity index is 881. The van der Waals surface area contributed by atoms with Crippen molar-refractivity contribution in [1.82, 2.24) is 0 Å². The van der Waals surface area contributed by atoms with E-state index in [2.05, 4.69) is 12.2 Å². The van der Waals surface area contributed by atoms with E-state index in [-0.39, 0.29) is 12.5 Å². The van der Waals surface area contributed by atoms with Crippen LogP contribution in [-0.4, -0.2) is 25.6 Å². The molecular weight excluding hydrogens is 409 g/mol. The van der Waals surface area contributed by atoms with E-state index in [1.54, 1.807) is 18.2 Å². The number of methoxy groups -OCH3 is 1. The van der Waals surface area contributed by atoms with E-state index in [1.807, 2.05) is 0 Å². The number of hydrogen-bond acceptors (Lipinski definition) is 5. The number of rotatable bonds is 5. The van der Waals surface area contributed by atoms with Crippen LogP contribution in [0.15, 0.2) is 18.2 Å². The van der Waals surface area contributed by atoms with Crippen LogP contribution in [0.4, 0.5) is 5.00 Å². The molecule has 8 heteroatoms. The topological polar surface area (TPSA) is 64.6 Å². The van der Waals surface area contributed by atoms with Gasteiger partial charge in [-0.1, -0.05) is 30.1 Å². The number of carbonyl (C=O) groups excluding carboxylic acids is 2. The number of nitrogens with one attached hydrogen (secondary N) is 1. The summed E-state index contributed by atoms with van der Waals surface area (Å²) in [5.74, 6) is 0.0595. The summed E-state index contributed by atoms with van der Waals surface area (Å²) < 4.78 is 10.4. The highest BCUT2D eigenvalue weighted by Gasteiger charge is 2.28. The van der Waals surface area contributed by atoms with Crippen LogP contribution in [0.5, 0.6) is 5.75 Å². The van der Waals surface area contributed by atoms with Crippen molar-refractivity contribution >= 4 is 51.4 Å². The molecule has 3 rings (SSSR count). The largest absolute Gasteiger partial charge is 0.482 e. The van der Waals surface area contributed by atoms with Crippen LogP contribution in [0.1, 0.15) is 34.1 Å². The standard InChI is InChI=1S/C19H19Cl2NO4S/c1-10-3-5-12-15(7-10)27-18(17(12)19(24)25-2)22-16(23)9-26-14-8-11(20)4-6-13(14)21/h4,6,8,10H,3,5,7,9H2,1-2H3,(H,22,23). The summed E-state index contributed by atoms with van der Waals surface area (Å²) in [6, 6.07) is 4.78. The Balaban J connectivity index is 1.75. The first kappa shape index (κ1) is 20.0. The number of carbonyl (C=O) groups is 2. The lowest BCUT2D eigenvalue weighted by Crippen LogP contribution is -2.21. The summed E-state index contributed by atoms with van der Waals surface area (Å²) >= 11 is 13.4. The van der Waals surface area contributed by atoms with Crippen LogP contribution in [0.3, 0.4) is 0 Å². The van der Waals surface area contributed by atoms with E-state index in [0.29, 0.717) is 32.3 Å². The maximum absolute atomic E-state index is 12.4. The Labute approximate surface area is 171 Å². The van der Waals surface area contributed by atoms with Gasteiger partial charge in [-0.2, -0.15) is 0 Å². The van der Waals surface area contributed by atoms with Gasteiger partial charge < -0.3 is 14.8 Å². The number of anilines is 1. The van der Waals surface area contributed by atoms with Crippen LogP contribution in [0.2, 0.25) is 10.0 Å². The van der Waals surface area contributed by atoms with Gasteiger partial charge in [-0.05, 0) is 42.9 Å². The van der Waals surface area contributed by atoms with Gasteiger partial charge >= 0.3 is 5.97 Å². The van der Waals surface area contributed by atoms with Crippen molar-refractivity contribution in [2.75, 3.05) is 19.0 Å². The Morgan fingerprint density at radius 2 is 2.11 bits per heavy atom.